The lowest BCUT2D eigenvalue weighted by Crippen LogP contribution is -2.34. The molecule has 0 saturated carbocycles. The van der Waals surface area contributed by atoms with E-state index in [-0.39, 0.29) is 17.1 Å². The van der Waals surface area contributed by atoms with Gasteiger partial charge in [-0.3, -0.25) is 4.79 Å². The molecule has 2 aliphatic rings. The summed E-state index contributed by atoms with van der Waals surface area (Å²) in [5.41, 5.74) is 6.83. The van der Waals surface area contributed by atoms with E-state index in [0.717, 1.165) is 36.5 Å². The average molecular weight is 425 g/mol. The third-order valence-corrected chi connectivity index (χ3v) is 7.11. The van der Waals surface area contributed by atoms with Crippen LogP contribution in [0.25, 0.3) is 10.8 Å². The zero-order valence-electron chi connectivity index (χ0n) is 19.5. The molecule has 1 aliphatic carbocycles. The summed E-state index contributed by atoms with van der Waals surface area (Å²) in [5.74, 6) is 0.238. The summed E-state index contributed by atoms with van der Waals surface area (Å²) in [5, 5.41) is 6.11. The molecule has 0 aromatic heterocycles. The number of carbonyl (C=O) groups excluding carboxylic acids is 1. The molecular formula is C29H32N2O. The summed E-state index contributed by atoms with van der Waals surface area (Å²) in [6.07, 6.45) is 1.50. The minimum absolute atomic E-state index is 0.0194. The molecule has 0 saturated heterocycles. The van der Waals surface area contributed by atoms with Crippen LogP contribution in [-0.4, -0.2) is 18.9 Å². The van der Waals surface area contributed by atoms with Gasteiger partial charge in [0, 0.05) is 48.1 Å². The van der Waals surface area contributed by atoms with Crippen molar-refractivity contribution >= 4 is 27.9 Å². The molecule has 1 heterocycles. The van der Waals surface area contributed by atoms with Gasteiger partial charge in [0.05, 0.1) is 0 Å². The van der Waals surface area contributed by atoms with E-state index in [1.165, 1.54) is 27.6 Å². The maximum absolute atomic E-state index is 13.5. The SMILES string of the molecule is CCN(CC)c1ccc([C@H]2C3=C(CC(C)(C)CC3=O)Nc3ccc4ccccc4c32)cc1. The van der Waals surface area contributed by atoms with E-state index in [2.05, 4.69) is 98.6 Å². The third kappa shape index (κ3) is 3.40. The van der Waals surface area contributed by atoms with Gasteiger partial charge in [0.1, 0.15) is 0 Å². The minimum Gasteiger partial charge on any atom is -0.372 e. The van der Waals surface area contributed by atoms with Crippen molar-refractivity contribution in [2.24, 2.45) is 5.41 Å². The standard InChI is InChI=1S/C29H32N2O/c1-5-31(6-2)21-14-11-20(12-15-21)26-27-22-10-8-7-9-19(22)13-16-23(27)30-24-17-29(3,4)18-25(32)28(24)26/h7-16,26,30H,5-6,17-18H2,1-4H3/t26-/m1/s1. The van der Waals surface area contributed by atoms with Crippen LogP contribution >= 0.6 is 0 Å². The van der Waals surface area contributed by atoms with Crippen molar-refractivity contribution in [1.82, 2.24) is 0 Å². The zero-order valence-corrected chi connectivity index (χ0v) is 19.5. The molecule has 164 valence electrons. The fourth-order valence-electron chi connectivity index (χ4n) is 5.60. The first-order valence-corrected chi connectivity index (χ1v) is 11.8. The van der Waals surface area contributed by atoms with Crippen LogP contribution in [0.3, 0.4) is 0 Å². The first-order valence-electron chi connectivity index (χ1n) is 11.8. The van der Waals surface area contributed by atoms with Gasteiger partial charge in [-0.2, -0.15) is 0 Å². The van der Waals surface area contributed by atoms with Gasteiger partial charge in [-0.15, -0.1) is 0 Å². The van der Waals surface area contributed by atoms with Crippen LogP contribution in [0.15, 0.2) is 71.9 Å². The second-order valence-electron chi connectivity index (χ2n) is 9.90. The molecular weight excluding hydrogens is 392 g/mol. The highest BCUT2D eigenvalue weighted by molar-refractivity contribution is 6.04. The molecule has 3 heteroatoms. The lowest BCUT2D eigenvalue weighted by molar-refractivity contribution is -0.118. The predicted molar refractivity (Wildman–Crippen MR) is 134 cm³/mol. The van der Waals surface area contributed by atoms with Crippen molar-refractivity contribution < 1.29 is 4.79 Å². The van der Waals surface area contributed by atoms with Gasteiger partial charge in [0.15, 0.2) is 5.78 Å². The van der Waals surface area contributed by atoms with E-state index in [9.17, 15) is 4.79 Å². The van der Waals surface area contributed by atoms with Gasteiger partial charge in [-0.1, -0.05) is 56.3 Å². The number of fused-ring (bicyclic) bond motifs is 3. The summed E-state index contributed by atoms with van der Waals surface area (Å²) in [7, 11) is 0. The normalized spacial score (nSPS) is 19.4. The van der Waals surface area contributed by atoms with Crippen molar-refractivity contribution in [2.45, 2.75) is 46.5 Å². The summed E-state index contributed by atoms with van der Waals surface area (Å²) < 4.78 is 0. The average Bonchev–Trinajstić information content (AvgIpc) is 2.78. The molecule has 3 aromatic rings. The molecule has 32 heavy (non-hydrogen) atoms. The molecule has 0 radical (unpaired) electrons. The Bertz CT molecular complexity index is 1220. The summed E-state index contributed by atoms with van der Waals surface area (Å²) in [4.78, 5) is 15.9. The van der Waals surface area contributed by atoms with Gasteiger partial charge in [0.25, 0.3) is 0 Å². The number of allylic oxidation sites excluding steroid dienone is 2. The molecule has 1 aliphatic heterocycles. The van der Waals surface area contributed by atoms with Crippen LogP contribution in [0.1, 0.15) is 57.6 Å². The number of anilines is 2. The van der Waals surface area contributed by atoms with Crippen LogP contribution in [-0.2, 0) is 4.79 Å². The van der Waals surface area contributed by atoms with Crippen LogP contribution in [0.2, 0.25) is 0 Å². The minimum atomic E-state index is -0.0401. The maximum atomic E-state index is 13.5. The highest BCUT2D eigenvalue weighted by Gasteiger charge is 2.41. The molecule has 0 spiro atoms. The van der Waals surface area contributed by atoms with Crippen molar-refractivity contribution in [3.05, 3.63) is 83.1 Å². The monoisotopic (exact) mass is 424 g/mol. The molecule has 3 nitrogen and oxygen atoms in total. The molecule has 0 amide bonds. The Morgan fingerprint density at radius 1 is 0.938 bits per heavy atom. The molecule has 5 rings (SSSR count). The fourth-order valence-corrected chi connectivity index (χ4v) is 5.60. The summed E-state index contributed by atoms with van der Waals surface area (Å²) in [6, 6.07) is 21.8. The molecule has 0 fully saturated rings. The van der Waals surface area contributed by atoms with Gasteiger partial charge in [0.2, 0.25) is 0 Å². The third-order valence-electron chi connectivity index (χ3n) is 7.11. The van der Waals surface area contributed by atoms with Gasteiger partial charge in [-0.05, 0) is 65.8 Å². The smallest absolute Gasteiger partial charge is 0.162 e. The van der Waals surface area contributed by atoms with E-state index >= 15 is 0 Å². The largest absolute Gasteiger partial charge is 0.372 e. The van der Waals surface area contributed by atoms with E-state index in [0.29, 0.717) is 6.42 Å². The second kappa shape index (κ2) is 7.81. The number of Topliss-reactive ketones (excluding diaryl/α,β-unsaturated/α-hetero) is 1. The maximum Gasteiger partial charge on any atom is 0.162 e. The highest BCUT2D eigenvalue weighted by Crippen LogP contribution is 2.50. The topological polar surface area (TPSA) is 32.3 Å². The Hall–Kier alpha value is -3.07. The molecule has 1 N–H and O–H groups in total. The summed E-state index contributed by atoms with van der Waals surface area (Å²) >= 11 is 0. The molecule has 3 aromatic carbocycles. The van der Waals surface area contributed by atoms with E-state index in [4.69, 9.17) is 0 Å². The lowest BCUT2D eigenvalue weighted by Gasteiger charge is -2.40. The first-order chi connectivity index (χ1) is 15.4. The van der Waals surface area contributed by atoms with Crippen molar-refractivity contribution in [2.75, 3.05) is 23.3 Å². The molecule has 0 bridgehead atoms. The number of rotatable bonds is 4. The van der Waals surface area contributed by atoms with Crippen LogP contribution in [0, 0.1) is 5.41 Å². The van der Waals surface area contributed by atoms with Crippen molar-refractivity contribution in [3.63, 3.8) is 0 Å². The van der Waals surface area contributed by atoms with Gasteiger partial charge < -0.3 is 10.2 Å². The second-order valence-corrected chi connectivity index (χ2v) is 9.90. The van der Waals surface area contributed by atoms with Crippen LogP contribution in [0.4, 0.5) is 11.4 Å². The highest BCUT2D eigenvalue weighted by atomic mass is 16.1. The Balaban J connectivity index is 1.72. The molecule has 0 unspecified atom stereocenters. The van der Waals surface area contributed by atoms with E-state index < -0.39 is 0 Å². The Kier molecular flexibility index (Phi) is 5.08. The lowest BCUT2D eigenvalue weighted by atomic mass is 9.68. The van der Waals surface area contributed by atoms with Crippen molar-refractivity contribution in [3.8, 4) is 0 Å². The Morgan fingerprint density at radius 2 is 1.66 bits per heavy atom. The number of hydrogen-bond donors (Lipinski definition) is 1. The van der Waals surface area contributed by atoms with Gasteiger partial charge in [-0.25, -0.2) is 0 Å². The Labute approximate surface area is 191 Å². The fraction of sp³-hybridized carbons (Fsp3) is 0.345. The number of nitrogens with zero attached hydrogens (tertiary/aromatic N) is 1. The number of hydrogen-bond acceptors (Lipinski definition) is 3. The van der Waals surface area contributed by atoms with Crippen LogP contribution in [0.5, 0.6) is 0 Å². The van der Waals surface area contributed by atoms with E-state index in [1.807, 2.05) is 0 Å². The van der Waals surface area contributed by atoms with Crippen molar-refractivity contribution in [1.29, 1.82) is 0 Å². The zero-order chi connectivity index (χ0) is 22.5. The predicted octanol–water partition coefficient (Wildman–Crippen LogP) is 6.89. The number of nitrogens with one attached hydrogen (secondary N) is 1. The number of ketones is 1. The molecule has 1 atom stereocenters. The van der Waals surface area contributed by atoms with E-state index in [1.54, 1.807) is 0 Å². The summed E-state index contributed by atoms with van der Waals surface area (Å²) in [6.45, 7) is 10.7. The van der Waals surface area contributed by atoms with Gasteiger partial charge >= 0.3 is 0 Å². The quantitative estimate of drug-likeness (QED) is 0.495. The number of carbonyl (C=O) groups is 1. The van der Waals surface area contributed by atoms with Crippen LogP contribution < -0.4 is 10.2 Å². The Morgan fingerprint density at radius 3 is 2.38 bits per heavy atom. The first kappa shape index (κ1) is 20.8. The number of benzene rings is 3.